The molecular formula is C12H16N4O2S2. The highest BCUT2D eigenvalue weighted by Crippen LogP contribution is 2.26. The molecular weight excluding hydrogens is 296 g/mol. The average molecular weight is 312 g/mol. The maximum Gasteiger partial charge on any atom is 0.238 e. The van der Waals surface area contributed by atoms with Gasteiger partial charge in [-0.2, -0.15) is 0 Å². The fraction of sp³-hybridized carbons (Fsp3) is 0.250. The van der Waals surface area contributed by atoms with Gasteiger partial charge in [-0.3, -0.25) is 0 Å². The average Bonchev–Trinajstić information content (AvgIpc) is 2.84. The molecule has 20 heavy (non-hydrogen) atoms. The molecule has 108 valence electrons. The molecule has 2 rings (SSSR count). The molecule has 0 fully saturated rings. The molecule has 0 unspecified atom stereocenters. The van der Waals surface area contributed by atoms with Crippen LogP contribution in [0.4, 0.5) is 11.4 Å². The van der Waals surface area contributed by atoms with Crippen LogP contribution in [0.5, 0.6) is 0 Å². The molecule has 0 saturated heterocycles. The van der Waals surface area contributed by atoms with Gasteiger partial charge in [0.1, 0.15) is 0 Å². The molecule has 0 saturated carbocycles. The summed E-state index contributed by atoms with van der Waals surface area (Å²) < 4.78 is 23.0. The second-order valence-electron chi connectivity index (χ2n) is 4.34. The molecule has 0 atom stereocenters. The number of anilines is 2. The third-order valence-electron chi connectivity index (χ3n) is 2.83. The molecule has 0 radical (unpaired) electrons. The van der Waals surface area contributed by atoms with E-state index in [0.717, 1.165) is 11.4 Å². The van der Waals surface area contributed by atoms with Gasteiger partial charge in [-0.25, -0.2) is 18.5 Å². The Kier molecular flexibility index (Phi) is 4.26. The van der Waals surface area contributed by atoms with Crippen LogP contribution in [0.1, 0.15) is 10.6 Å². The van der Waals surface area contributed by atoms with Crippen molar-refractivity contribution in [1.29, 1.82) is 0 Å². The number of nitrogens with one attached hydrogen (secondary N) is 1. The lowest BCUT2D eigenvalue weighted by Gasteiger charge is -2.13. The highest BCUT2D eigenvalue weighted by molar-refractivity contribution is 7.89. The summed E-state index contributed by atoms with van der Waals surface area (Å²) >= 11 is 1.58. The molecule has 2 aromatic rings. The second kappa shape index (κ2) is 5.78. The Morgan fingerprint density at radius 2 is 2.15 bits per heavy atom. The molecule has 1 heterocycles. The van der Waals surface area contributed by atoms with E-state index >= 15 is 0 Å². The number of nitrogens with two attached hydrogens (primary N) is 2. The van der Waals surface area contributed by atoms with E-state index < -0.39 is 10.0 Å². The van der Waals surface area contributed by atoms with Crippen molar-refractivity contribution in [3.8, 4) is 0 Å². The first-order valence-corrected chi connectivity index (χ1v) is 8.35. The third-order valence-corrected chi connectivity index (χ3v) is 4.70. The SMILES string of the molecule is Cc1c(NCCc2nccs2)cc(N)cc1S(N)(=O)=O. The Balaban J connectivity index is 2.17. The van der Waals surface area contributed by atoms with Crippen LogP contribution in [0, 0.1) is 6.92 Å². The smallest absolute Gasteiger partial charge is 0.238 e. The van der Waals surface area contributed by atoms with Gasteiger partial charge in [0.25, 0.3) is 0 Å². The Morgan fingerprint density at radius 1 is 1.40 bits per heavy atom. The Hall–Kier alpha value is -1.64. The molecule has 0 aliphatic heterocycles. The van der Waals surface area contributed by atoms with Crippen molar-refractivity contribution >= 4 is 32.7 Å². The normalized spacial score (nSPS) is 11.5. The van der Waals surface area contributed by atoms with Gasteiger partial charge < -0.3 is 11.1 Å². The number of hydrogen-bond donors (Lipinski definition) is 3. The van der Waals surface area contributed by atoms with Crippen molar-refractivity contribution in [3.05, 3.63) is 34.3 Å². The maximum atomic E-state index is 11.5. The molecule has 6 nitrogen and oxygen atoms in total. The van der Waals surface area contributed by atoms with Gasteiger partial charge in [-0.05, 0) is 24.6 Å². The number of rotatable bonds is 5. The van der Waals surface area contributed by atoms with Gasteiger partial charge in [-0.1, -0.05) is 0 Å². The van der Waals surface area contributed by atoms with Crippen molar-refractivity contribution in [1.82, 2.24) is 4.98 Å². The summed E-state index contributed by atoms with van der Waals surface area (Å²) in [5.74, 6) is 0. The molecule has 5 N–H and O–H groups in total. The number of benzene rings is 1. The van der Waals surface area contributed by atoms with Gasteiger partial charge in [0.05, 0.1) is 9.90 Å². The van der Waals surface area contributed by atoms with Crippen LogP contribution in [0.2, 0.25) is 0 Å². The molecule has 8 heteroatoms. The van der Waals surface area contributed by atoms with Crippen LogP contribution in [-0.4, -0.2) is 19.9 Å². The van der Waals surface area contributed by atoms with Crippen LogP contribution >= 0.6 is 11.3 Å². The highest BCUT2D eigenvalue weighted by Gasteiger charge is 2.15. The van der Waals surface area contributed by atoms with Crippen molar-refractivity contribution in [2.45, 2.75) is 18.2 Å². The van der Waals surface area contributed by atoms with E-state index in [0.29, 0.717) is 23.5 Å². The Bertz CT molecular complexity index is 696. The molecule has 0 amide bonds. The molecule has 0 aliphatic carbocycles. The van der Waals surface area contributed by atoms with E-state index in [1.54, 1.807) is 30.5 Å². The van der Waals surface area contributed by atoms with E-state index in [-0.39, 0.29) is 4.90 Å². The van der Waals surface area contributed by atoms with Gasteiger partial charge in [-0.15, -0.1) is 11.3 Å². The zero-order valence-corrected chi connectivity index (χ0v) is 12.6. The number of aromatic nitrogens is 1. The molecule has 0 bridgehead atoms. The van der Waals surface area contributed by atoms with Crippen LogP contribution in [-0.2, 0) is 16.4 Å². The number of sulfonamides is 1. The Labute approximate surface area is 121 Å². The summed E-state index contributed by atoms with van der Waals surface area (Å²) in [6.45, 7) is 2.34. The van der Waals surface area contributed by atoms with Gasteiger partial charge in [0.2, 0.25) is 10.0 Å². The van der Waals surface area contributed by atoms with E-state index in [9.17, 15) is 8.42 Å². The first kappa shape index (κ1) is 14.8. The maximum absolute atomic E-state index is 11.5. The van der Waals surface area contributed by atoms with Gasteiger partial charge in [0, 0.05) is 35.9 Å². The minimum absolute atomic E-state index is 0.0502. The summed E-state index contributed by atoms with van der Waals surface area (Å²) in [5, 5.41) is 11.3. The van der Waals surface area contributed by atoms with Crippen LogP contribution in [0.3, 0.4) is 0 Å². The number of hydrogen-bond acceptors (Lipinski definition) is 6. The van der Waals surface area contributed by atoms with Crippen molar-refractivity contribution in [3.63, 3.8) is 0 Å². The lowest BCUT2D eigenvalue weighted by molar-refractivity contribution is 0.597. The van der Waals surface area contributed by atoms with Crippen LogP contribution in [0.25, 0.3) is 0 Å². The van der Waals surface area contributed by atoms with Gasteiger partial charge >= 0.3 is 0 Å². The predicted molar refractivity (Wildman–Crippen MR) is 81.3 cm³/mol. The monoisotopic (exact) mass is 312 g/mol. The quantitative estimate of drug-likeness (QED) is 0.721. The fourth-order valence-electron chi connectivity index (χ4n) is 1.87. The van der Waals surface area contributed by atoms with Crippen molar-refractivity contribution in [2.75, 3.05) is 17.6 Å². The standard InChI is InChI=1S/C12H16N4O2S2/c1-8-10(15-3-2-12-16-4-5-19-12)6-9(13)7-11(8)20(14,17)18/h4-7,15H,2-3,13H2,1H3,(H2,14,17,18). The summed E-state index contributed by atoms with van der Waals surface area (Å²) in [4.78, 5) is 4.23. The van der Waals surface area contributed by atoms with Crippen molar-refractivity contribution < 1.29 is 8.42 Å². The van der Waals surface area contributed by atoms with E-state index in [1.165, 1.54) is 6.07 Å². The summed E-state index contributed by atoms with van der Waals surface area (Å²) in [6.07, 6.45) is 2.52. The lowest BCUT2D eigenvalue weighted by atomic mass is 10.1. The molecule has 1 aromatic heterocycles. The van der Waals surface area contributed by atoms with Crippen LogP contribution < -0.4 is 16.2 Å². The molecule has 0 spiro atoms. The number of primary sulfonamides is 1. The summed E-state index contributed by atoms with van der Waals surface area (Å²) in [5.41, 5.74) is 7.32. The Morgan fingerprint density at radius 3 is 2.75 bits per heavy atom. The van der Waals surface area contributed by atoms with E-state index in [2.05, 4.69) is 10.3 Å². The molecule has 1 aromatic carbocycles. The van der Waals surface area contributed by atoms with Gasteiger partial charge in [0.15, 0.2) is 0 Å². The zero-order chi connectivity index (χ0) is 14.8. The number of nitrogens with zero attached hydrogens (tertiary/aromatic N) is 1. The fourth-order valence-corrected chi connectivity index (χ4v) is 3.33. The predicted octanol–water partition coefficient (Wildman–Crippen LogP) is 1.34. The van der Waals surface area contributed by atoms with E-state index in [4.69, 9.17) is 10.9 Å². The van der Waals surface area contributed by atoms with Crippen LogP contribution in [0.15, 0.2) is 28.6 Å². The minimum Gasteiger partial charge on any atom is -0.399 e. The minimum atomic E-state index is -3.78. The topological polar surface area (TPSA) is 111 Å². The van der Waals surface area contributed by atoms with Crippen molar-refractivity contribution in [2.24, 2.45) is 5.14 Å². The first-order valence-electron chi connectivity index (χ1n) is 5.93. The summed E-state index contributed by atoms with van der Waals surface area (Å²) in [6, 6.07) is 3.07. The number of nitrogen functional groups attached to an aromatic ring is 1. The largest absolute Gasteiger partial charge is 0.399 e. The highest BCUT2D eigenvalue weighted by atomic mass is 32.2. The zero-order valence-electron chi connectivity index (χ0n) is 11.0. The first-order chi connectivity index (χ1) is 9.38. The summed E-state index contributed by atoms with van der Waals surface area (Å²) in [7, 11) is -3.78. The molecule has 0 aliphatic rings. The second-order valence-corrected chi connectivity index (χ2v) is 6.85. The van der Waals surface area contributed by atoms with E-state index in [1.807, 2.05) is 5.38 Å². The lowest BCUT2D eigenvalue weighted by Crippen LogP contribution is -2.16. The third kappa shape index (κ3) is 3.47. The number of thiazole rings is 1.